The second-order valence-corrected chi connectivity index (χ2v) is 6.86. The van der Waals surface area contributed by atoms with Crippen molar-refractivity contribution < 1.29 is 4.74 Å². The lowest BCUT2D eigenvalue weighted by atomic mass is 9.80. The highest BCUT2D eigenvalue weighted by molar-refractivity contribution is 5.77. The van der Waals surface area contributed by atoms with Crippen LogP contribution in [0.2, 0.25) is 0 Å². The van der Waals surface area contributed by atoms with Crippen LogP contribution in [0.25, 0.3) is 0 Å². The normalized spacial score (nSPS) is 24.2. The summed E-state index contributed by atoms with van der Waals surface area (Å²) in [7, 11) is 0. The molecule has 1 aliphatic heterocycles. The third-order valence-corrected chi connectivity index (χ3v) is 4.70. The monoisotopic (exact) mass is 296 g/mol. The van der Waals surface area contributed by atoms with Gasteiger partial charge in [-0.2, -0.15) is 0 Å². The minimum absolute atomic E-state index is 0.214. The Bertz CT molecular complexity index is 331. The third-order valence-electron chi connectivity index (χ3n) is 4.70. The van der Waals surface area contributed by atoms with Crippen LogP contribution in [0.1, 0.15) is 46.0 Å². The molecule has 1 aliphatic carbocycles. The molecule has 1 saturated carbocycles. The number of ether oxygens (including phenoxy) is 1. The van der Waals surface area contributed by atoms with Gasteiger partial charge in [0.2, 0.25) is 0 Å². The van der Waals surface area contributed by atoms with Gasteiger partial charge in [0, 0.05) is 25.2 Å². The fraction of sp³-hybridized carbons (Fsp3) is 0.938. The lowest BCUT2D eigenvalue weighted by Crippen LogP contribution is -2.56. The molecule has 0 aromatic heterocycles. The summed E-state index contributed by atoms with van der Waals surface area (Å²) in [6, 6.07) is 0. The molecule has 2 rings (SSSR count). The maximum absolute atomic E-state index is 6.02. The van der Waals surface area contributed by atoms with Gasteiger partial charge in [0.15, 0.2) is 5.96 Å². The Morgan fingerprint density at radius 2 is 1.90 bits per heavy atom. The second-order valence-electron chi connectivity index (χ2n) is 6.86. The molecule has 0 aromatic rings. The van der Waals surface area contributed by atoms with Gasteiger partial charge in [-0.15, -0.1) is 0 Å². The fourth-order valence-electron chi connectivity index (χ4n) is 3.42. The number of guanidine groups is 1. The van der Waals surface area contributed by atoms with E-state index >= 15 is 0 Å². The first-order valence-electron chi connectivity index (χ1n) is 8.49. The first-order chi connectivity index (χ1) is 10.1. The van der Waals surface area contributed by atoms with Crippen molar-refractivity contribution in [3.63, 3.8) is 0 Å². The summed E-state index contributed by atoms with van der Waals surface area (Å²) in [5.41, 5.74) is 6.24. The molecule has 5 heteroatoms. The zero-order valence-corrected chi connectivity index (χ0v) is 13.7. The van der Waals surface area contributed by atoms with E-state index in [4.69, 9.17) is 10.5 Å². The van der Waals surface area contributed by atoms with Crippen molar-refractivity contribution in [1.82, 2.24) is 10.2 Å². The van der Waals surface area contributed by atoms with Gasteiger partial charge in [-0.3, -0.25) is 9.89 Å². The van der Waals surface area contributed by atoms with E-state index in [1.165, 1.54) is 32.1 Å². The Morgan fingerprint density at radius 3 is 2.52 bits per heavy atom. The highest BCUT2D eigenvalue weighted by Crippen LogP contribution is 2.34. The number of hydrogen-bond acceptors (Lipinski definition) is 3. The number of nitrogens with zero attached hydrogens (tertiary/aromatic N) is 2. The quantitative estimate of drug-likeness (QED) is 0.597. The van der Waals surface area contributed by atoms with Gasteiger partial charge < -0.3 is 15.8 Å². The number of aliphatic imine (C=N–C) groups is 1. The van der Waals surface area contributed by atoms with Gasteiger partial charge in [0.05, 0.1) is 19.8 Å². The van der Waals surface area contributed by atoms with Gasteiger partial charge in [-0.05, 0) is 18.8 Å². The largest absolute Gasteiger partial charge is 0.379 e. The van der Waals surface area contributed by atoms with Crippen LogP contribution in [0, 0.1) is 5.92 Å². The van der Waals surface area contributed by atoms with Crippen LogP contribution in [0.15, 0.2) is 4.99 Å². The van der Waals surface area contributed by atoms with Crippen molar-refractivity contribution >= 4 is 5.96 Å². The molecule has 2 fully saturated rings. The Labute approximate surface area is 129 Å². The van der Waals surface area contributed by atoms with Gasteiger partial charge in [-0.25, -0.2) is 0 Å². The Hall–Kier alpha value is -0.810. The molecule has 0 radical (unpaired) electrons. The summed E-state index contributed by atoms with van der Waals surface area (Å²) in [4.78, 5) is 7.27. The first-order valence-corrected chi connectivity index (χ1v) is 8.49. The summed E-state index contributed by atoms with van der Waals surface area (Å²) >= 11 is 0. The molecule has 0 atom stereocenters. The maximum atomic E-state index is 6.02. The number of rotatable bonds is 5. The number of morpholine rings is 1. The van der Waals surface area contributed by atoms with Crippen molar-refractivity contribution in [1.29, 1.82) is 0 Å². The molecular weight excluding hydrogens is 264 g/mol. The predicted molar refractivity (Wildman–Crippen MR) is 87.5 cm³/mol. The molecule has 5 nitrogen and oxygen atoms in total. The first kappa shape index (κ1) is 16.6. The van der Waals surface area contributed by atoms with Gasteiger partial charge >= 0.3 is 0 Å². The van der Waals surface area contributed by atoms with Crippen molar-refractivity contribution in [3.05, 3.63) is 0 Å². The zero-order valence-electron chi connectivity index (χ0n) is 13.7. The molecule has 1 saturated heterocycles. The molecule has 0 spiro atoms. The average molecular weight is 296 g/mol. The van der Waals surface area contributed by atoms with E-state index in [9.17, 15) is 0 Å². The summed E-state index contributed by atoms with van der Waals surface area (Å²) in [5, 5.41) is 3.23. The fourth-order valence-corrected chi connectivity index (χ4v) is 3.42. The Morgan fingerprint density at radius 1 is 1.24 bits per heavy atom. The van der Waals surface area contributed by atoms with Crippen LogP contribution in [-0.4, -0.2) is 55.8 Å². The smallest absolute Gasteiger partial charge is 0.188 e. The van der Waals surface area contributed by atoms with E-state index in [-0.39, 0.29) is 5.54 Å². The van der Waals surface area contributed by atoms with Crippen LogP contribution in [0.3, 0.4) is 0 Å². The highest BCUT2D eigenvalue weighted by Gasteiger charge is 2.38. The predicted octanol–water partition coefficient (Wildman–Crippen LogP) is 1.58. The van der Waals surface area contributed by atoms with E-state index < -0.39 is 0 Å². The van der Waals surface area contributed by atoms with Crippen molar-refractivity contribution in [2.45, 2.75) is 51.5 Å². The Kier molecular flexibility index (Phi) is 6.30. The van der Waals surface area contributed by atoms with Gasteiger partial charge in [0.25, 0.3) is 0 Å². The zero-order chi connectivity index (χ0) is 15.1. The van der Waals surface area contributed by atoms with E-state index in [0.29, 0.717) is 11.9 Å². The van der Waals surface area contributed by atoms with Crippen molar-refractivity contribution in [3.8, 4) is 0 Å². The van der Waals surface area contributed by atoms with E-state index in [1.54, 1.807) is 0 Å². The highest BCUT2D eigenvalue weighted by atomic mass is 16.5. The minimum atomic E-state index is 0.214. The third kappa shape index (κ3) is 4.85. The van der Waals surface area contributed by atoms with Crippen LogP contribution in [-0.2, 0) is 4.74 Å². The van der Waals surface area contributed by atoms with Crippen LogP contribution < -0.4 is 11.1 Å². The lowest BCUT2D eigenvalue weighted by molar-refractivity contribution is -0.0333. The Balaban J connectivity index is 1.97. The summed E-state index contributed by atoms with van der Waals surface area (Å²) in [6.45, 7) is 9.85. The maximum Gasteiger partial charge on any atom is 0.188 e. The molecule has 1 heterocycles. The topological polar surface area (TPSA) is 62.9 Å². The lowest BCUT2D eigenvalue weighted by Gasteiger charge is -2.47. The minimum Gasteiger partial charge on any atom is -0.379 e. The number of nitrogens with two attached hydrogens (primary N) is 1. The van der Waals surface area contributed by atoms with Crippen molar-refractivity contribution in [2.24, 2.45) is 16.6 Å². The molecule has 122 valence electrons. The molecule has 0 bridgehead atoms. The van der Waals surface area contributed by atoms with Gasteiger partial charge in [0.1, 0.15) is 0 Å². The number of nitrogens with one attached hydrogen (secondary N) is 1. The van der Waals surface area contributed by atoms with Gasteiger partial charge in [-0.1, -0.05) is 33.1 Å². The standard InChI is InChI=1S/C16H32N4O/c1-14(2)12-18-15(17)19-13-16(6-4-3-5-7-16)20-8-10-21-11-9-20/h14H,3-13H2,1-2H3,(H3,17,18,19). The summed E-state index contributed by atoms with van der Waals surface area (Å²) < 4.78 is 5.51. The molecule has 0 amide bonds. The molecule has 3 N–H and O–H groups in total. The summed E-state index contributed by atoms with van der Waals surface area (Å²) in [5.74, 6) is 1.18. The van der Waals surface area contributed by atoms with E-state index in [1.807, 2.05) is 0 Å². The average Bonchev–Trinajstić information content (AvgIpc) is 2.52. The van der Waals surface area contributed by atoms with Crippen LogP contribution in [0.5, 0.6) is 0 Å². The number of hydrogen-bond donors (Lipinski definition) is 2. The van der Waals surface area contributed by atoms with Crippen LogP contribution in [0.4, 0.5) is 0 Å². The SMILES string of the molecule is CC(C)CNC(N)=NCC1(N2CCOCC2)CCCCC1. The summed E-state index contributed by atoms with van der Waals surface area (Å²) in [6.07, 6.45) is 6.47. The molecule has 21 heavy (non-hydrogen) atoms. The molecule has 0 aromatic carbocycles. The van der Waals surface area contributed by atoms with Crippen LogP contribution >= 0.6 is 0 Å². The van der Waals surface area contributed by atoms with Crippen molar-refractivity contribution in [2.75, 3.05) is 39.4 Å². The second kappa shape index (κ2) is 7.99. The van der Waals surface area contributed by atoms with E-state index in [0.717, 1.165) is 39.4 Å². The molecule has 2 aliphatic rings. The molecular formula is C16H32N4O. The van der Waals surface area contributed by atoms with E-state index in [2.05, 4.69) is 29.1 Å². The molecule has 0 unspecified atom stereocenters.